The van der Waals surface area contributed by atoms with E-state index < -0.39 is 35.1 Å². The van der Waals surface area contributed by atoms with Crippen LogP contribution in [0.3, 0.4) is 0 Å². The number of aliphatic hydroxyl groups excluding tert-OH is 1. The van der Waals surface area contributed by atoms with Gasteiger partial charge in [0.1, 0.15) is 17.0 Å². The Morgan fingerprint density at radius 3 is 2.33 bits per heavy atom. The van der Waals surface area contributed by atoms with E-state index in [-0.39, 0.29) is 33.9 Å². The molecule has 2 amide bonds. The van der Waals surface area contributed by atoms with Crippen LogP contribution in [0.25, 0.3) is 0 Å². The molecule has 0 bridgehead atoms. The van der Waals surface area contributed by atoms with Crippen LogP contribution in [-0.4, -0.2) is 91.2 Å². The molecule has 43 heavy (non-hydrogen) atoms. The Kier molecular flexibility index (Phi) is 9.38. The molecule has 1 spiro atoms. The van der Waals surface area contributed by atoms with Gasteiger partial charge in [0.25, 0.3) is 0 Å². The second-order valence-corrected chi connectivity index (χ2v) is 13.8. The van der Waals surface area contributed by atoms with Gasteiger partial charge in [-0.25, -0.2) is 8.78 Å². The number of amides is 2. The van der Waals surface area contributed by atoms with Gasteiger partial charge in [0, 0.05) is 63.5 Å². The van der Waals surface area contributed by atoms with E-state index >= 15 is 4.39 Å². The molecule has 0 aromatic heterocycles. The molecule has 3 aliphatic rings. The number of hydrogen-bond acceptors (Lipinski definition) is 6. The molecule has 0 aliphatic carbocycles. The predicted molar refractivity (Wildman–Crippen MR) is 164 cm³/mol. The van der Waals surface area contributed by atoms with Crippen molar-refractivity contribution in [2.75, 3.05) is 57.7 Å². The van der Waals surface area contributed by atoms with Gasteiger partial charge in [0.05, 0.1) is 22.7 Å². The van der Waals surface area contributed by atoms with Crippen molar-refractivity contribution in [3.05, 3.63) is 63.1 Å². The topological polar surface area (TPSA) is 96.9 Å². The average Bonchev–Trinajstić information content (AvgIpc) is 3.41. The van der Waals surface area contributed by atoms with Crippen LogP contribution in [0.4, 0.5) is 14.5 Å². The first kappa shape index (κ1) is 32.1. The molecule has 2 fully saturated rings. The summed E-state index contributed by atoms with van der Waals surface area (Å²) in [6, 6.07) is 5.43. The van der Waals surface area contributed by atoms with Crippen LogP contribution in [0.1, 0.15) is 44.2 Å². The molecule has 3 heterocycles. The van der Waals surface area contributed by atoms with Crippen LogP contribution in [0.15, 0.2) is 30.3 Å². The molecule has 5 rings (SSSR count). The third-order valence-corrected chi connectivity index (χ3v) is 9.47. The summed E-state index contributed by atoms with van der Waals surface area (Å²) in [6.07, 6.45) is 0.484. The lowest BCUT2D eigenvalue weighted by molar-refractivity contribution is -0.123. The Labute approximate surface area is 261 Å². The smallest absolute Gasteiger partial charge is 0.237 e. The second kappa shape index (κ2) is 12.6. The maximum Gasteiger partial charge on any atom is 0.237 e. The fourth-order valence-corrected chi connectivity index (χ4v) is 7.32. The van der Waals surface area contributed by atoms with Crippen LogP contribution in [-0.2, 0) is 15.0 Å². The van der Waals surface area contributed by atoms with Gasteiger partial charge in [0.15, 0.2) is 0 Å². The minimum atomic E-state index is -1.40. The summed E-state index contributed by atoms with van der Waals surface area (Å²) in [5, 5.41) is 18.4. The van der Waals surface area contributed by atoms with Crippen LogP contribution in [0, 0.1) is 17.0 Å². The second-order valence-electron chi connectivity index (χ2n) is 12.9. The summed E-state index contributed by atoms with van der Waals surface area (Å²) in [4.78, 5) is 32.6. The van der Waals surface area contributed by atoms with Crippen molar-refractivity contribution < 1.29 is 23.5 Å². The lowest BCUT2D eigenvalue weighted by Crippen LogP contribution is -2.50. The first-order valence-corrected chi connectivity index (χ1v) is 15.5. The van der Waals surface area contributed by atoms with Crippen molar-refractivity contribution in [1.82, 2.24) is 20.4 Å². The molecule has 234 valence electrons. The minimum absolute atomic E-state index is 0.123. The quantitative estimate of drug-likeness (QED) is 0.352. The number of hydrogen-bond donors (Lipinski definition) is 4. The molecule has 0 saturated carbocycles. The normalized spacial score (nSPS) is 26.1. The van der Waals surface area contributed by atoms with Crippen LogP contribution < -0.4 is 16.0 Å². The van der Waals surface area contributed by atoms with E-state index in [0.29, 0.717) is 42.9 Å². The summed E-state index contributed by atoms with van der Waals surface area (Å²) in [6.45, 7) is 11.3. The number of carbonyl (C=O) groups is 2. The number of nitrogens with one attached hydrogen (secondary N) is 3. The molecule has 0 unspecified atom stereocenters. The highest BCUT2D eigenvalue weighted by Crippen LogP contribution is 2.57. The van der Waals surface area contributed by atoms with E-state index in [2.05, 4.69) is 25.8 Å². The summed E-state index contributed by atoms with van der Waals surface area (Å²) in [5.41, 5.74) is -0.388. The van der Waals surface area contributed by atoms with Crippen molar-refractivity contribution in [3.63, 3.8) is 0 Å². The van der Waals surface area contributed by atoms with Crippen molar-refractivity contribution in [2.24, 2.45) is 5.41 Å². The molecule has 2 aromatic rings. The summed E-state index contributed by atoms with van der Waals surface area (Å²) < 4.78 is 29.4. The average molecular weight is 639 g/mol. The Morgan fingerprint density at radius 2 is 1.70 bits per heavy atom. The fraction of sp³-hybridized carbons (Fsp3) is 0.548. The van der Waals surface area contributed by atoms with Gasteiger partial charge in [0.2, 0.25) is 11.8 Å². The summed E-state index contributed by atoms with van der Waals surface area (Å²) >= 11 is 12.4. The third-order valence-electron chi connectivity index (χ3n) is 8.89. The molecule has 8 nitrogen and oxygen atoms in total. The van der Waals surface area contributed by atoms with Crippen molar-refractivity contribution in [3.8, 4) is 0 Å². The molecule has 4 atom stereocenters. The van der Waals surface area contributed by atoms with Crippen LogP contribution >= 0.6 is 23.2 Å². The summed E-state index contributed by atoms with van der Waals surface area (Å²) in [7, 11) is 0. The monoisotopic (exact) mass is 637 g/mol. The highest BCUT2D eigenvalue weighted by atomic mass is 35.5. The predicted octanol–water partition coefficient (Wildman–Crippen LogP) is 3.75. The molecule has 2 aromatic carbocycles. The summed E-state index contributed by atoms with van der Waals surface area (Å²) in [5.74, 6) is -2.82. The first-order chi connectivity index (χ1) is 20.3. The number of piperazine rings is 1. The minimum Gasteiger partial charge on any atom is -0.395 e. The van der Waals surface area contributed by atoms with E-state index in [9.17, 15) is 19.1 Å². The van der Waals surface area contributed by atoms with Gasteiger partial charge in [-0.2, -0.15) is 0 Å². The lowest BCUT2D eigenvalue weighted by Gasteiger charge is -2.37. The number of rotatable bonds is 8. The zero-order chi connectivity index (χ0) is 31.1. The number of anilines is 1. The van der Waals surface area contributed by atoms with E-state index in [1.807, 2.05) is 20.8 Å². The van der Waals surface area contributed by atoms with Gasteiger partial charge in [-0.1, -0.05) is 50.0 Å². The molecule has 3 aliphatic heterocycles. The maximum absolute atomic E-state index is 15.1. The van der Waals surface area contributed by atoms with E-state index in [4.69, 9.17) is 23.2 Å². The largest absolute Gasteiger partial charge is 0.395 e. The Balaban J connectivity index is 1.50. The van der Waals surface area contributed by atoms with Crippen molar-refractivity contribution in [2.45, 2.75) is 50.6 Å². The maximum atomic E-state index is 15.1. The first-order valence-electron chi connectivity index (χ1n) is 14.7. The van der Waals surface area contributed by atoms with Crippen molar-refractivity contribution in [1.29, 1.82) is 0 Å². The fourth-order valence-electron chi connectivity index (χ4n) is 6.96. The number of aliphatic hydroxyl groups is 1. The molecule has 12 heteroatoms. The molecule has 0 radical (unpaired) electrons. The SMILES string of the molecule is CC(C)(C)C[C@H]1N[C@@H](C(=O)NCCN2CCN(CCO)CC2)[C@H](c2ccc(F)c(Cl)c2)[C@@]12C(=O)Nc1cc(Cl)c(F)cc12. The van der Waals surface area contributed by atoms with Crippen molar-refractivity contribution >= 4 is 40.7 Å². The molecular weight excluding hydrogens is 599 g/mol. The molecule has 4 N–H and O–H groups in total. The third kappa shape index (κ3) is 6.28. The number of fused-ring (bicyclic) bond motifs is 2. The van der Waals surface area contributed by atoms with Gasteiger partial charge in [-0.05, 0) is 47.2 Å². The van der Waals surface area contributed by atoms with Crippen LogP contribution in [0.2, 0.25) is 10.0 Å². The van der Waals surface area contributed by atoms with Gasteiger partial charge < -0.3 is 21.1 Å². The zero-order valence-electron chi connectivity index (χ0n) is 24.7. The highest BCUT2D eigenvalue weighted by molar-refractivity contribution is 6.31. The number of halogens is 4. The van der Waals surface area contributed by atoms with Gasteiger partial charge >= 0.3 is 0 Å². The zero-order valence-corrected chi connectivity index (χ0v) is 26.2. The Bertz CT molecular complexity index is 1380. The number of carbonyl (C=O) groups excluding carboxylic acids is 2. The van der Waals surface area contributed by atoms with E-state index in [1.165, 1.54) is 24.3 Å². The molecular formula is C31H39Cl2F2N5O3. The lowest BCUT2D eigenvalue weighted by atomic mass is 9.62. The number of benzene rings is 2. The number of nitrogens with zero attached hydrogens (tertiary/aromatic N) is 2. The standard InChI is InChI=1S/C31H39Cl2F2N5O3/c1-30(2,3)17-25-31(19-15-23(35)21(33)16-24(19)37-29(31)43)26(18-4-5-22(34)20(32)14-18)27(38-25)28(42)36-6-7-39-8-10-40(11-9-39)12-13-41/h4-5,14-16,25-27,38,41H,6-13,17H2,1-3H3,(H,36,42)(H,37,43)/t25-,26+,27-,31+/m1/s1. The van der Waals surface area contributed by atoms with E-state index in [0.717, 1.165) is 26.2 Å². The van der Waals surface area contributed by atoms with Gasteiger partial charge in [-0.3, -0.25) is 19.4 Å². The van der Waals surface area contributed by atoms with Crippen LogP contribution in [0.5, 0.6) is 0 Å². The Hall–Kier alpha value is -2.34. The van der Waals surface area contributed by atoms with Gasteiger partial charge in [-0.15, -0.1) is 0 Å². The Morgan fingerprint density at radius 1 is 1.05 bits per heavy atom. The van der Waals surface area contributed by atoms with E-state index in [1.54, 1.807) is 6.07 Å². The highest BCUT2D eigenvalue weighted by Gasteiger charge is 2.66. The molecule has 2 saturated heterocycles. The number of β-amino-alcohol motifs (C(OH)–C–C–N with tert-alkyl or cyclic N) is 1.